The van der Waals surface area contributed by atoms with E-state index in [1.54, 1.807) is 12.1 Å². The van der Waals surface area contributed by atoms with Crippen LogP contribution < -0.4 is 0 Å². The molecule has 1 saturated heterocycles. The second kappa shape index (κ2) is 8.45. The van der Waals surface area contributed by atoms with E-state index in [1.165, 1.54) is 20.0 Å². The van der Waals surface area contributed by atoms with Crippen LogP contribution in [0.25, 0.3) is 11.5 Å². The number of carbonyl (C=O) groups is 1. The van der Waals surface area contributed by atoms with Gasteiger partial charge in [0.15, 0.2) is 0 Å². The predicted molar refractivity (Wildman–Crippen MR) is 105 cm³/mol. The smallest absolute Gasteiger partial charge is 0.337 e. The minimum absolute atomic E-state index is 0.344. The Morgan fingerprint density at radius 1 is 1.21 bits per heavy atom. The molecule has 6 nitrogen and oxygen atoms in total. The Bertz CT molecular complexity index is 804. The molecular formula is C22H28N2O4. The largest absolute Gasteiger partial charge is 0.465 e. The zero-order chi connectivity index (χ0) is 19.5. The summed E-state index contributed by atoms with van der Waals surface area (Å²) in [4.78, 5) is 18.8. The van der Waals surface area contributed by atoms with Crippen LogP contribution in [0.15, 0.2) is 28.7 Å². The van der Waals surface area contributed by atoms with Crippen LogP contribution in [0.2, 0.25) is 0 Å². The monoisotopic (exact) mass is 384 g/mol. The van der Waals surface area contributed by atoms with Gasteiger partial charge in [-0.3, -0.25) is 4.90 Å². The Morgan fingerprint density at radius 3 is 2.64 bits per heavy atom. The molecule has 1 aliphatic carbocycles. The lowest BCUT2D eigenvalue weighted by Crippen LogP contribution is -2.33. The van der Waals surface area contributed by atoms with Crippen molar-refractivity contribution in [3.8, 4) is 11.5 Å². The molecule has 0 spiro atoms. The Hall–Kier alpha value is -2.18. The summed E-state index contributed by atoms with van der Waals surface area (Å²) in [5, 5.41) is 0. The van der Waals surface area contributed by atoms with E-state index in [4.69, 9.17) is 18.9 Å². The lowest BCUT2D eigenvalue weighted by molar-refractivity contribution is 0.0600. The maximum absolute atomic E-state index is 11.6. The number of hydrogen-bond donors (Lipinski definition) is 0. The van der Waals surface area contributed by atoms with E-state index in [0.29, 0.717) is 17.6 Å². The highest BCUT2D eigenvalue weighted by Gasteiger charge is 2.28. The van der Waals surface area contributed by atoms with Gasteiger partial charge in [0.05, 0.1) is 24.5 Å². The molecule has 1 saturated carbocycles. The fourth-order valence-electron chi connectivity index (χ4n) is 3.72. The van der Waals surface area contributed by atoms with Crippen molar-refractivity contribution < 1.29 is 18.7 Å². The highest BCUT2D eigenvalue weighted by atomic mass is 16.5. The number of nitrogens with zero attached hydrogens (tertiary/aromatic N) is 2. The number of rotatable bonds is 8. The average molecular weight is 384 g/mol. The summed E-state index contributed by atoms with van der Waals surface area (Å²) in [7, 11) is 1.38. The number of aromatic nitrogens is 1. The molecule has 2 heterocycles. The van der Waals surface area contributed by atoms with E-state index < -0.39 is 0 Å². The number of ether oxygens (including phenoxy) is 2. The average Bonchev–Trinajstić information content (AvgIpc) is 3.23. The molecule has 28 heavy (non-hydrogen) atoms. The van der Waals surface area contributed by atoms with Crippen molar-refractivity contribution in [3.05, 3.63) is 41.3 Å². The van der Waals surface area contributed by atoms with Gasteiger partial charge in [-0.2, -0.15) is 0 Å². The topological polar surface area (TPSA) is 64.8 Å². The van der Waals surface area contributed by atoms with Crippen molar-refractivity contribution in [2.45, 2.75) is 45.3 Å². The van der Waals surface area contributed by atoms with Gasteiger partial charge in [-0.05, 0) is 62.8 Å². The molecule has 0 radical (unpaired) electrons. The predicted octanol–water partition coefficient (Wildman–Crippen LogP) is 3.83. The molecule has 0 unspecified atom stereocenters. The summed E-state index contributed by atoms with van der Waals surface area (Å²) in [5.41, 5.74) is 2.35. The van der Waals surface area contributed by atoms with Gasteiger partial charge in [0.25, 0.3) is 0 Å². The Labute approximate surface area is 165 Å². The summed E-state index contributed by atoms with van der Waals surface area (Å²) in [6, 6.07) is 7.15. The molecule has 0 N–H and O–H groups in total. The van der Waals surface area contributed by atoms with Gasteiger partial charge >= 0.3 is 5.97 Å². The van der Waals surface area contributed by atoms with Crippen LogP contribution in [-0.4, -0.2) is 48.8 Å². The quantitative estimate of drug-likeness (QED) is 0.645. The van der Waals surface area contributed by atoms with Crippen molar-refractivity contribution in [2.75, 3.05) is 26.8 Å². The third-order valence-electron chi connectivity index (χ3n) is 5.52. The van der Waals surface area contributed by atoms with Gasteiger partial charge in [0, 0.05) is 31.8 Å². The van der Waals surface area contributed by atoms with Crippen LogP contribution in [-0.2, 0) is 16.0 Å². The highest BCUT2D eigenvalue weighted by Crippen LogP contribution is 2.31. The molecule has 6 heteroatoms. The maximum Gasteiger partial charge on any atom is 0.337 e. The molecule has 1 aliphatic heterocycles. The summed E-state index contributed by atoms with van der Waals surface area (Å²) in [6.45, 7) is 5.71. The van der Waals surface area contributed by atoms with E-state index in [0.717, 1.165) is 62.0 Å². The molecule has 2 aromatic rings. The van der Waals surface area contributed by atoms with Crippen molar-refractivity contribution in [1.29, 1.82) is 0 Å². The number of carbonyl (C=O) groups excluding carboxylic acids is 1. The minimum atomic E-state index is -0.347. The first-order chi connectivity index (χ1) is 13.6. The standard InChI is InChI=1S/C22H28N2O4/c1-15-20(14-24(12-16-5-6-16)13-19-4-3-11-27-19)23-21(28-15)17-7-9-18(10-8-17)22(25)26-2/h7-10,16,19H,3-6,11-14H2,1-2H3/t19-/m0/s1. The number of hydrogen-bond acceptors (Lipinski definition) is 6. The SMILES string of the molecule is COC(=O)c1ccc(-c2nc(CN(CC3CC3)C[C@@H]3CCCO3)c(C)o2)cc1. The zero-order valence-electron chi connectivity index (χ0n) is 16.6. The molecule has 4 rings (SSSR count). The molecule has 1 aromatic carbocycles. The third-order valence-corrected chi connectivity index (χ3v) is 5.52. The third kappa shape index (κ3) is 4.62. The number of aryl methyl sites for hydroxylation is 1. The number of oxazole rings is 1. The van der Waals surface area contributed by atoms with E-state index >= 15 is 0 Å². The normalized spacial score (nSPS) is 19.3. The van der Waals surface area contributed by atoms with Gasteiger partial charge in [-0.15, -0.1) is 0 Å². The van der Waals surface area contributed by atoms with Gasteiger partial charge in [0.1, 0.15) is 5.76 Å². The molecule has 0 bridgehead atoms. The molecule has 0 amide bonds. The Balaban J connectivity index is 1.46. The highest BCUT2D eigenvalue weighted by molar-refractivity contribution is 5.89. The van der Waals surface area contributed by atoms with Gasteiger partial charge in [-0.25, -0.2) is 9.78 Å². The second-order valence-corrected chi connectivity index (χ2v) is 7.86. The minimum Gasteiger partial charge on any atom is -0.465 e. The summed E-state index contributed by atoms with van der Waals surface area (Å²) in [5.74, 6) is 1.91. The van der Waals surface area contributed by atoms with Crippen molar-refractivity contribution in [2.24, 2.45) is 5.92 Å². The van der Waals surface area contributed by atoms with Crippen molar-refractivity contribution in [1.82, 2.24) is 9.88 Å². The maximum atomic E-state index is 11.6. The van der Waals surface area contributed by atoms with E-state index in [-0.39, 0.29) is 5.97 Å². The fraction of sp³-hybridized carbons (Fsp3) is 0.545. The molecule has 2 fully saturated rings. The zero-order valence-corrected chi connectivity index (χ0v) is 16.6. The first kappa shape index (κ1) is 19.2. The Kier molecular flexibility index (Phi) is 5.78. The van der Waals surface area contributed by atoms with E-state index in [1.807, 2.05) is 19.1 Å². The van der Waals surface area contributed by atoms with Crippen LogP contribution in [0.3, 0.4) is 0 Å². The van der Waals surface area contributed by atoms with Crippen LogP contribution in [0, 0.1) is 12.8 Å². The van der Waals surface area contributed by atoms with Gasteiger partial charge in [0.2, 0.25) is 5.89 Å². The molecule has 1 aromatic heterocycles. The Morgan fingerprint density at radius 2 is 2.00 bits per heavy atom. The number of methoxy groups -OCH3 is 1. The molecule has 2 aliphatic rings. The summed E-state index contributed by atoms with van der Waals surface area (Å²) < 4.78 is 16.5. The molecular weight excluding hydrogens is 356 g/mol. The van der Waals surface area contributed by atoms with Crippen molar-refractivity contribution >= 4 is 5.97 Å². The molecule has 150 valence electrons. The van der Waals surface area contributed by atoms with Gasteiger partial charge in [-0.1, -0.05) is 0 Å². The first-order valence-electron chi connectivity index (χ1n) is 10.1. The van der Waals surface area contributed by atoms with Crippen LogP contribution in [0.1, 0.15) is 47.5 Å². The molecule has 1 atom stereocenters. The fourth-order valence-corrected chi connectivity index (χ4v) is 3.72. The van der Waals surface area contributed by atoms with Gasteiger partial charge < -0.3 is 13.9 Å². The summed E-state index contributed by atoms with van der Waals surface area (Å²) in [6.07, 6.45) is 5.32. The van der Waals surface area contributed by atoms with Crippen LogP contribution in [0.4, 0.5) is 0 Å². The lowest BCUT2D eigenvalue weighted by Gasteiger charge is -2.24. The van der Waals surface area contributed by atoms with E-state index in [2.05, 4.69) is 4.90 Å². The second-order valence-electron chi connectivity index (χ2n) is 7.86. The van der Waals surface area contributed by atoms with Crippen LogP contribution >= 0.6 is 0 Å². The van der Waals surface area contributed by atoms with E-state index in [9.17, 15) is 4.79 Å². The number of esters is 1. The van der Waals surface area contributed by atoms with Crippen molar-refractivity contribution in [3.63, 3.8) is 0 Å². The van der Waals surface area contributed by atoms with Crippen LogP contribution in [0.5, 0.6) is 0 Å². The number of benzene rings is 1. The first-order valence-corrected chi connectivity index (χ1v) is 10.1. The summed E-state index contributed by atoms with van der Waals surface area (Å²) >= 11 is 0. The lowest BCUT2D eigenvalue weighted by atomic mass is 10.1.